The molecule has 1 amide bonds. The largest absolute Gasteiger partial charge is 0.311 e. The number of fused-ring (bicyclic) bond motifs is 1. The molecule has 0 unspecified atom stereocenters. The number of hydrogen-bond acceptors (Lipinski definition) is 5. The highest BCUT2D eigenvalue weighted by Crippen LogP contribution is 2.24. The summed E-state index contributed by atoms with van der Waals surface area (Å²) in [5.41, 5.74) is 2.35. The number of thioether (sulfide) groups is 1. The van der Waals surface area contributed by atoms with Gasteiger partial charge in [0.2, 0.25) is 5.91 Å². The quantitative estimate of drug-likeness (QED) is 0.604. The minimum absolute atomic E-state index is 0.0975. The fraction of sp³-hybridized carbons (Fsp3) is 0.222. The summed E-state index contributed by atoms with van der Waals surface area (Å²) in [5, 5.41) is 18.4. The maximum atomic E-state index is 12.8. The number of hydrogen-bond donors (Lipinski definition) is 0. The average molecular weight is 386 g/mol. The lowest BCUT2D eigenvalue weighted by atomic mass is 10.2. The maximum Gasteiger partial charge on any atom is 0.237 e. The number of rotatable bonds is 6. The first-order valence-corrected chi connectivity index (χ1v) is 9.32. The lowest BCUT2D eigenvalue weighted by molar-refractivity contribution is -0.116. The lowest BCUT2D eigenvalue weighted by Crippen LogP contribution is -2.33. The normalized spacial score (nSPS) is 10.7. The zero-order valence-electron chi connectivity index (χ0n) is 14.1. The first-order valence-electron chi connectivity index (χ1n) is 7.96. The molecule has 0 aliphatic heterocycles. The van der Waals surface area contributed by atoms with Crippen molar-refractivity contribution < 1.29 is 4.79 Å². The molecule has 26 heavy (non-hydrogen) atoms. The Labute approximate surface area is 160 Å². The van der Waals surface area contributed by atoms with Gasteiger partial charge < -0.3 is 4.90 Å². The Morgan fingerprint density at radius 2 is 2.19 bits per heavy atom. The summed E-state index contributed by atoms with van der Waals surface area (Å²) in [6.45, 7) is 2.22. The van der Waals surface area contributed by atoms with Gasteiger partial charge in [-0.3, -0.25) is 9.20 Å². The van der Waals surface area contributed by atoms with Crippen LogP contribution in [0.4, 0.5) is 5.69 Å². The highest BCUT2D eigenvalue weighted by molar-refractivity contribution is 7.99. The molecule has 0 bridgehead atoms. The third kappa shape index (κ3) is 3.98. The highest BCUT2D eigenvalue weighted by atomic mass is 35.5. The topological polar surface area (TPSA) is 74.3 Å². The molecule has 0 saturated carbocycles. The molecular weight excluding hydrogens is 370 g/mol. The molecule has 2 aromatic heterocycles. The Bertz CT molecular complexity index is 981. The molecular formula is C18H16ClN5OS. The van der Waals surface area contributed by atoms with Crippen LogP contribution in [0.25, 0.3) is 5.65 Å². The zero-order chi connectivity index (χ0) is 18.5. The number of benzene rings is 1. The number of aryl methyl sites for hydroxylation is 1. The van der Waals surface area contributed by atoms with Crippen molar-refractivity contribution in [2.75, 3.05) is 17.2 Å². The van der Waals surface area contributed by atoms with Crippen LogP contribution in [0.3, 0.4) is 0 Å². The lowest BCUT2D eigenvalue weighted by Gasteiger charge is -2.22. The molecule has 0 radical (unpaired) electrons. The van der Waals surface area contributed by atoms with E-state index in [0.717, 1.165) is 16.9 Å². The summed E-state index contributed by atoms with van der Waals surface area (Å²) < 4.78 is 1.84. The molecule has 2 heterocycles. The van der Waals surface area contributed by atoms with Crippen LogP contribution in [0, 0.1) is 18.3 Å². The third-order valence-electron chi connectivity index (χ3n) is 3.81. The Kier molecular flexibility index (Phi) is 5.76. The fourth-order valence-corrected chi connectivity index (χ4v) is 3.40. The monoisotopic (exact) mass is 385 g/mol. The highest BCUT2D eigenvalue weighted by Gasteiger charge is 2.18. The van der Waals surface area contributed by atoms with Gasteiger partial charge in [-0.15, -0.1) is 10.2 Å². The van der Waals surface area contributed by atoms with Gasteiger partial charge in [0.15, 0.2) is 10.8 Å². The van der Waals surface area contributed by atoms with Crippen LogP contribution in [0.1, 0.15) is 12.0 Å². The van der Waals surface area contributed by atoms with E-state index in [4.69, 9.17) is 16.9 Å². The van der Waals surface area contributed by atoms with Crippen molar-refractivity contribution in [3.63, 3.8) is 0 Å². The van der Waals surface area contributed by atoms with E-state index in [0.29, 0.717) is 16.7 Å². The molecule has 132 valence electrons. The predicted molar refractivity (Wildman–Crippen MR) is 102 cm³/mol. The number of carbonyl (C=O) groups excluding carboxylic acids is 1. The van der Waals surface area contributed by atoms with Gasteiger partial charge in [-0.2, -0.15) is 5.26 Å². The number of aromatic nitrogens is 3. The summed E-state index contributed by atoms with van der Waals surface area (Å²) in [6.07, 6.45) is 2.12. The van der Waals surface area contributed by atoms with E-state index in [9.17, 15) is 4.79 Å². The molecule has 3 rings (SSSR count). The third-order valence-corrected chi connectivity index (χ3v) is 5.16. The van der Waals surface area contributed by atoms with Crippen molar-refractivity contribution in [2.24, 2.45) is 0 Å². The number of halogens is 1. The summed E-state index contributed by atoms with van der Waals surface area (Å²) in [7, 11) is 0. The fourth-order valence-electron chi connectivity index (χ4n) is 2.48. The molecule has 0 saturated heterocycles. The van der Waals surface area contributed by atoms with Crippen molar-refractivity contribution in [3.05, 3.63) is 53.2 Å². The van der Waals surface area contributed by atoms with E-state index in [2.05, 4.69) is 16.3 Å². The minimum atomic E-state index is -0.0975. The van der Waals surface area contributed by atoms with E-state index >= 15 is 0 Å². The molecule has 1 aromatic carbocycles. The van der Waals surface area contributed by atoms with Gasteiger partial charge in [0.05, 0.1) is 18.2 Å². The van der Waals surface area contributed by atoms with Crippen LogP contribution in [0.5, 0.6) is 0 Å². The number of pyridine rings is 1. The molecule has 0 aliphatic rings. The SMILES string of the molecule is Cc1cc(N(CCC#N)C(=O)CSc2nnc3ccccn23)ccc1Cl. The molecule has 0 fully saturated rings. The molecule has 0 spiro atoms. The second kappa shape index (κ2) is 8.21. The van der Waals surface area contributed by atoms with Crippen molar-refractivity contribution in [2.45, 2.75) is 18.5 Å². The van der Waals surface area contributed by atoms with Crippen LogP contribution in [-0.4, -0.2) is 32.8 Å². The second-order valence-electron chi connectivity index (χ2n) is 5.59. The predicted octanol–water partition coefficient (Wildman–Crippen LogP) is 3.73. The Morgan fingerprint density at radius 3 is 2.96 bits per heavy atom. The van der Waals surface area contributed by atoms with E-state index in [1.807, 2.05) is 41.8 Å². The molecule has 0 aliphatic carbocycles. The van der Waals surface area contributed by atoms with Gasteiger partial charge in [0, 0.05) is 23.5 Å². The second-order valence-corrected chi connectivity index (χ2v) is 6.94. The summed E-state index contributed by atoms with van der Waals surface area (Å²) in [6, 6.07) is 13.1. The maximum absolute atomic E-state index is 12.8. The van der Waals surface area contributed by atoms with Crippen molar-refractivity contribution in [3.8, 4) is 6.07 Å². The average Bonchev–Trinajstić information content (AvgIpc) is 3.06. The Balaban J connectivity index is 1.77. The standard InChI is InChI=1S/C18H16ClN5OS/c1-13-11-14(6-7-15(13)19)23(10-4-8-20)17(25)12-26-18-22-21-16-5-2-3-9-24(16)18/h2-3,5-7,9,11H,4,10,12H2,1H3. The van der Waals surface area contributed by atoms with Gasteiger partial charge in [-0.25, -0.2) is 0 Å². The molecule has 6 nitrogen and oxygen atoms in total. The van der Waals surface area contributed by atoms with E-state index in [-0.39, 0.29) is 18.1 Å². The van der Waals surface area contributed by atoms with Gasteiger partial charge in [-0.05, 0) is 42.8 Å². The van der Waals surface area contributed by atoms with Gasteiger partial charge in [0.25, 0.3) is 0 Å². The van der Waals surface area contributed by atoms with Crippen molar-refractivity contribution >= 4 is 40.6 Å². The van der Waals surface area contributed by atoms with E-state index in [1.165, 1.54) is 11.8 Å². The molecule has 0 N–H and O–H groups in total. The van der Waals surface area contributed by atoms with Gasteiger partial charge in [-0.1, -0.05) is 29.4 Å². The molecule has 8 heteroatoms. The van der Waals surface area contributed by atoms with E-state index < -0.39 is 0 Å². The first-order chi connectivity index (χ1) is 12.6. The van der Waals surface area contributed by atoms with Crippen LogP contribution in [0.15, 0.2) is 47.8 Å². The number of nitrogens with zero attached hydrogens (tertiary/aromatic N) is 5. The first kappa shape index (κ1) is 18.2. The number of carbonyl (C=O) groups is 1. The molecule has 0 atom stereocenters. The Hall–Kier alpha value is -2.56. The van der Waals surface area contributed by atoms with Gasteiger partial charge in [0.1, 0.15) is 0 Å². The van der Waals surface area contributed by atoms with Gasteiger partial charge >= 0.3 is 0 Å². The zero-order valence-corrected chi connectivity index (χ0v) is 15.7. The smallest absolute Gasteiger partial charge is 0.237 e. The van der Waals surface area contributed by atoms with Crippen LogP contribution in [0.2, 0.25) is 5.02 Å². The van der Waals surface area contributed by atoms with Crippen LogP contribution < -0.4 is 4.90 Å². The van der Waals surface area contributed by atoms with Crippen LogP contribution in [-0.2, 0) is 4.79 Å². The Morgan fingerprint density at radius 1 is 1.35 bits per heavy atom. The number of amides is 1. The molecule has 3 aromatic rings. The van der Waals surface area contributed by atoms with Crippen molar-refractivity contribution in [1.82, 2.24) is 14.6 Å². The van der Waals surface area contributed by atoms with E-state index in [1.54, 1.807) is 17.0 Å². The summed E-state index contributed by atoms with van der Waals surface area (Å²) >= 11 is 7.39. The van der Waals surface area contributed by atoms with Crippen LogP contribution >= 0.6 is 23.4 Å². The number of nitriles is 1. The minimum Gasteiger partial charge on any atom is -0.311 e. The summed E-state index contributed by atoms with van der Waals surface area (Å²) in [5.74, 6) is 0.0997. The van der Waals surface area contributed by atoms with Crippen molar-refractivity contribution in [1.29, 1.82) is 5.26 Å². The number of anilines is 1. The summed E-state index contributed by atoms with van der Waals surface area (Å²) in [4.78, 5) is 14.4.